The number of ether oxygens (including phenoxy) is 2. The second-order valence-electron chi connectivity index (χ2n) is 5.98. The molecule has 1 aromatic heterocycles. The predicted molar refractivity (Wildman–Crippen MR) is 100 cm³/mol. The molecule has 1 atom stereocenters. The summed E-state index contributed by atoms with van der Waals surface area (Å²) in [5.41, 5.74) is 1.09. The molecule has 26 heavy (non-hydrogen) atoms. The van der Waals surface area contributed by atoms with Gasteiger partial charge in [0.15, 0.2) is 6.61 Å². The fraction of sp³-hybridized carbons (Fsp3) is 0.421. The zero-order chi connectivity index (χ0) is 18.9. The van der Waals surface area contributed by atoms with E-state index in [-0.39, 0.29) is 30.7 Å². The van der Waals surface area contributed by atoms with Crippen molar-refractivity contribution in [3.63, 3.8) is 0 Å². The molecule has 0 spiro atoms. The summed E-state index contributed by atoms with van der Waals surface area (Å²) in [7, 11) is 0. The average molecular weight is 376 g/mol. The van der Waals surface area contributed by atoms with Crippen LogP contribution in [0.1, 0.15) is 47.7 Å². The van der Waals surface area contributed by atoms with E-state index in [9.17, 15) is 9.59 Å². The molecule has 0 aliphatic heterocycles. The summed E-state index contributed by atoms with van der Waals surface area (Å²) in [6, 6.07) is 6.86. The highest BCUT2D eigenvalue weighted by molar-refractivity contribution is 7.09. The fourth-order valence-corrected chi connectivity index (χ4v) is 3.02. The standard InChI is InChI=1S/C19H24N2O4S/c1-4-7-13(2)20-18(22)11-25-19(23)16-8-5-6-9-17(16)24-10-15-12-26-14(3)21-15/h5-6,8-9,12-13H,4,7,10-11H2,1-3H3,(H,20,22)/t13-/m0/s1. The number of esters is 1. The zero-order valence-electron chi connectivity index (χ0n) is 15.3. The Balaban J connectivity index is 1.91. The lowest BCUT2D eigenvalue weighted by Gasteiger charge is -2.13. The number of nitrogens with zero attached hydrogens (tertiary/aromatic N) is 1. The minimum absolute atomic E-state index is 0.0587. The number of amides is 1. The van der Waals surface area contributed by atoms with Crippen molar-refractivity contribution in [2.45, 2.75) is 46.3 Å². The van der Waals surface area contributed by atoms with Crippen molar-refractivity contribution in [1.82, 2.24) is 10.3 Å². The topological polar surface area (TPSA) is 77.5 Å². The molecule has 6 nitrogen and oxygen atoms in total. The van der Waals surface area contributed by atoms with Crippen LogP contribution in [0, 0.1) is 6.92 Å². The van der Waals surface area contributed by atoms with Gasteiger partial charge in [-0.25, -0.2) is 9.78 Å². The molecule has 0 saturated carbocycles. The molecule has 0 saturated heterocycles. The van der Waals surface area contributed by atoms with Crippen molar-refractivity contribution in [2.75, 3.05) is 6.61 Å². The molecule has 0 unspecified atom stereocenters. The molecule has 0 aliphatic carbocycles. The van der Waals surface area contributed by atoms with Crippen LogP contribution in [0.3, 0.4) is 0 Å². The number of hydrogen-bond donors (Lipinski definition) is 1. The summed E-state index contributed by atoms with van der Waals surface area (Å²) < 4.78 is 10.8. The third-order valence-electron chi connectivity index (χ3n) is 3.61. The Hall–Kier alpha value is -2.41. The Morgan fingerprint density at radius 2 is 2.08 bits per heavy atom. The summed E-state index contributed by atoms with van der Waals surface area (Å²) in [6.07, 6.45) is 1.86. The molecule has 2 aromatic rings. The summed E-state index contributed by atoms with van der Waals surface area (Å²) in [5.74, 6) is -0.494. The molecule has 0 radical (unpaired) electrons. The van der Waals surface area contributed by atoms with Crippen LogP contribution in [-0.4, -0.2) is 29.5 Å². The molecule has 1 amide bonds. The summed E-state index contributed by atoms with van der Waals surface area (Å²) in [4.78, 5) is 28.5. The van der Waals surface area contributed by atoms with Crippen molar-refractivity contribution < 1.29 is 19.1 Å². The fourth-order valence-electron chi connectivity index (χ4n) is 2.42. The van der Waals surface area contributed by atoms with Crippen LogP contribution in [0.15, 0.2) is 29.6 Å². The highest BCUT2D eigenvalue weighted by Crippen LogP contribution is 2.21. The number of carbonyl (C=O) groups excluding carboxylic acids is 2. The van der Waals surface area contributed by atoms with Crippen LogP contribution in [-0.2, 0) is 16.1 Å². The van der Waals surface area contributed by atoms with Gasteiger partial charge in [0.05, 0.1) is 10.7 Å². The molecule has 1 aromatic carbocycles. The molecular formula is C19H24N2O4S. The predicted octanol–water partition coefficient (Wildman–Crippen LogP) is 3.49. The Labute approximate surface area is 157 Å². The van der Waals surface area contributed by atoms with Gasteiger partial charge in [0, 0.05) is 11.4 Å². The molecule has 1 heterocycles. The van der Waals surface area contributed by atoms with E-state index >= 15 is 0 Å². The van der Waals surface area contributed by atoms with Gasteiger partial charge in [0.2, 0.25) is 0 Å². The third kappa shape index (κ3) is 6.15. The van der Waals surface area contributed by atoms with E-state index in [2.05, 4.69) is 10.3 Å². The first-order valence-corrected chi connectivity index (χ1v) is 9.47. The van der Waals surface area contributed by atoms with E-state index in [1.165, 1.54) is 0 Å². The molecular weight excluding hydrogens is 352 g/mol. The highest BCUT2D eigenvalue weighted by Gasteiger charge is 2.16. The van der Waals surface area contributed by atoms with Crippen molar-refractivity contribution in [3.05, 3.63) is 45.9 Å². The number of benzene rings is 1. The van der Waals surface area contributed by atoms with Gasteiger partial charge in [-0.15, -0.1) is 11.3 Å². The normalized spacial score (nSPS) is 11.7. The Kier molecular flexibility index (Phi) is 7.59. The van der Waals surface area contributed by atoms with Crippen LogP contribution in [0.4, 0.5) is 0 Å². The van der Waals surface area contributed by atoms with Crippen molar-refractivity contribution >= 4 is 23.2 Å². The quantitative estimate of drug-likeness (QED) is 0.678. The van der Waals surface area contributed by atoms with Crippen molar-refractivity contribution in [1.29, 1.82) is 0 Å². The van der Waals surface area contributed by atoms with E-state index in [0.717, 1.165) is 23.5 Å². The van der Waals surface area contributed by atoms with Crippen LogP contribution < -0.4 is 10.1 Å². The van der Waals surface area contributed by atoms with Crippen LogP contribution in [0.2, 0.25) is 0 Å². The first kappa shape index (κ1) is 19.9. The van der Waals surface area contributed by atoms with Crippen molar-refractivity contribution in [2.24, 2.45) is 0 Å². The summed E-state index contributed by atoms with van der Waals surface area (Å²) in [5, 5.41) is 5.67. The van der Waals surface area contributed by atoms with E-state index in [1.54, 1.807) is 35.6 Å². The highest BCUT2D eigenvalue weighted by atomic mass is 32.1. The number of rotatable bonds is 9. The molecule has 0 aliphatic rings. The number of nitrogens with one attached hydrogen (secondary N) is 1. The van der Waals surface area contributed by atoms with Gasteiger partial charge in [0.1, 0.15) is 17.9 Å². The molecule has 7 heteroatoms. The lowest BCUT2D eigenvalue weighted by molar-refractivity contribution is -0.124. The largest absolute Gasteiger partial charge is 0.486 e. The van der Waals surface area contributed by atoms with Gasteiger partial charge < -0.3 is 14.8 Å². The third-order valence-corrected chi connectivity index (χ3v) is 4.43. The van der Waals surface area contributed by atoms with E-state index in [4.69, 9.17) is 9.47 Å². The number of para-hydroxylation sites is 1. The van der Waals surface area contributed by atoms with E-state index in [1.807, 2.05) is 26.2 Å². The van der Waals surface area contributed by atoms with E-state index < -0.39 is 5.97 Å². The lowest BCUT2D eigenvalue weighted by Crippen LogP contribution is -2.35. The van der Waals surface area contributed by atoms with Crippen LogP contribution in [0.5, 0.6) is 5.75 Å². The Morgan fingerprint density at radius 3 is 2.77 bits per heavy atom. The number of hydrogen-bond acceptors (Lipinski definition) is 6. The Bertz CT molecular complexity index is 745. The summed E-state index contributed by atoms with van der Waals surface area (Å²) in [6.45, 7) is 5.85. The second kappa shape index (κ2) is 9.91. The molecule has 0 fully saturated rings. The molecule has 1 N–H and O–H groups in total. The minimum Gasteiger partial charge on any atom is -0.486 e. The van der Waals surface area contributed by atoms with Crippen molar-refractivity contribution in [3.8, 4) is 5.75 Å². The van der Waals surface area contributed by atoms with Gasteiger partial charge in [0.25, 0.3) is 5.91 Å². The maximum atomic E-state index is 12.3. The first-order valence-electron chi connectivity index (χ1n) is 8.59. The number of carbonyl (C=O) groups is 2. The van der Waals surface area contributed by atoms with E-state index in [0.29, 0.717) is 5.75 Å². The monoisotopic (exact) mass is 376 g/mol. The molecule has 2 rings (SSSR count). The first-order chi connectivity index (χ1) is 12.5. The lowest BCUT2D eigenvalue weighted by atomic mass is 10.2. The maximum absolute atomic E-state index is 12.3. The number of thiazole rings is 1. The summed E-state index contributed by atoms with van der Waals surface area (Å²) >= 11 is 1.54. The van der Waals surface area contributed by atoms with Gasteiger partial charge in [-0.05, 0) is 32.4 Å². The number of aryl methyl sites for hydroxylation is 1. The average Bonchev–Trinajstić information content (AvgIpc) is 3.03. The maximum Gasteiger partial charge on any atom is 0.342 e. The van der Waals surface area contributed by atoms with Crippen LogP contribution >= 0.6 is 11.3 Å². The smallest absolute Gasteiger partial charge is 0.342 e. The second-order valence-corrected chi connectivity index (χ2v) is 7.04. The molecule has 0 bridgehead atoms. The number of aromatic nitrogens is 1. The SMILES string of the molecule is CCC[C@H](C)NC(=O)COC(=O)c1ccccc1OCc1csc(C)n1. The van der Waals surface area contributed by atoms with Gasteiger partial charge >= 0.3 is 5.97 Å². The van der Waals surface area contributed by atoms with Gasteiger partial charge in [-0.2, -0.15) is 0 Å². The minimum atomic E-state index is -0.589. The van der Waals surface area contributed by atoms with Gasteiger partial charge in [-0.1, -0.05) is 25.5 Å². The van der Waals surface area contributed by atoms with Crippen LogP contribution in [0.25, 0.3) is 0 Å². The zero-order valence-corrected chi connectivity index (χ0v) is 16.1. The molecule has 140 valence electrons. The van der Waals surface area contributed by atoms with Gasteiger partial charge in [-0.3, -0.25) is 4.79 Å². The Morgan fingerprint density at radius 1 is 1.31 bits per heavy atom.